The Kier molecular flexibility index (Phi) is 14.3. The Morgan fingerprint density at radius 1 is 0.833 bits per heavy atom. The average molecular weight is 768 g/mol. The van der Waals surface area contributed by atoms with Crippen molar-refractivity contribution in [3.05, 3.63) is 92.7 Å². The quantitative estimate of drug-likeness (QED) is 0.238. The number of halogens is 1. The van der Waals surface area contributed by atoms with Crippen LogP contribution in [-0.2, 0) is 20.4 Å². The van der Waals surface area contributed by atoms with E-state index in [4.69, 9.17) is 30.5 Å². The zero-order valence-electron chi connectivity index (χ0n) is 33.1. The van der Waals surface area contributed by atoms with Gasteiger partial charge in [-0.25, -0.2) is 0 Å². The molecule has 2 aromatic rings. The van der Waals surface area contributed by atoms with Gasteiger partial charge >= 0.3 is 35.5 Å². The topological polar surface area (TPSA) is 118 Å². The Labute approximate surface area is 346 Å². The fraction of sp³-hybridized carbons (Fsp3) is 0.442. The maximum Gasteiger partial charge on any atom is 1.00 e. The van der Waals surface area contributed by atoms with E-state index in [9.17, 15) is 19.8 Å². The number of carboxylic acid groups (broad SMARTS) is 2. The Balaban J connectivity index is 0.00000650. The summed E-state index contributed by atoms with van der Waals surface area (Å²) in [7, 11) is 6.47. The average Bonchev–Trinajstić information content (AvgIpc) is 3.45. The SMILES string of the molecule is COc1cc2c(cc1OC)C(C)(C)C(/C=C/C1=C(Cl)C(=C/C=C3\N(CCCC(=O)[O-])c4cc(OC)c(OC)cc4C3(C)C)/CCC1)=C2CCCC(=O)O.[Na+]. The Morgan fingerprint density at radius 3 is 2.06 bits per heavy atom. The minimum Gasteiger partial charge on any atom is -0.550 e. The van der Waals surface area contributed by atoms with E-state index in [0.717, 1.165) is 69.6 Å². The van der Waals surface area contributed by atoms with E-state index in [2.05, 4.69) is 56.9 Å². The van der Waals surface area contributed by atoms with Gasteiger partial charge in [0.15, 0.2) is 23.0 Å². The van der Waals surface area contributed by atoms with E-state index in [1.807, 2.05) is 24.3 Å². The number of aliphatic carboxylic acids is 2. The number of hydrogen-bond donors (Lipinski definition) is 1. The van der Waals surface area contributed by atoms with E-state index in [1.165, 1.54) is 0 Å². The van der Waals surface area contributed by atoms with Crippen molar-refractivity contribution in [3.63, 3.8) is 0 Å². The molecule has 0 spiro atoms. The van der Waals surface area contributed by atoms with Crippen LogP contribution in [0.25, 0.3) is 5.57 Å². The minimum absolute atomic E-state index is 0. The van der Waals surface area contributed by atoms with Gasteiger partial charge in [0.2, 0.25) is 0 Å². The number of carboxylic acids is 2. The van der Waals surface area contributed by atoms with Gasteiger partial charge in [-0.05, 0) is 108 Å². The summed E-state index contributed by atoms with van der Waals surface area (Å²) in [5.74, 6) is 0.639. The normalized spacial score (nSPS) is 18.6. The van der Waals surface area contributed by atoms with Crippen molar-refractivity contribution in [2.24, 2.45) is 0 Å². The first-order valence-electron chi connectivity index (χ1n) is 18.1. The van der Waals surface area contributed by atoms with E-state index in [-0.39, 0.29) is 47.8 Å². The molecular formula is C43H51ClNNaO8. The van der Waals surface area contributed by atoms with Crippen LogP contribution in [-0.4, -0.2) is 52.0 Å². The predicted molar refractivity (Wildman–Crippen MR) is 207 cm³/mol. The van der Waals surface area contributed by atoms with E-state index >= 15 is 0 Å². The van der Waals surface area contributed by atoms with Crippen molar-refractivity contribution in [1.29, 1.82) is 0 Å². The van der Waals surface area contributed by atoms with Crippen LogP contribution < -0.4 is 58.5 Å². The number of ether oxygens (including phenoxy) is 4. The third kappa shape index (κ3) is 8.60. The van der Waals surface area contributed by atoms with Crippen molar-refractivity contribution in [3.8, 4) is 23.0 Å². The van der Waals surface area contributed by atoms with Crippen molar-refractivity contribution >= 4 is 34.8 Å². The second kappa shape index (κ2) is 17.9. The second-order valence-corrected chi connectivity index (χ2v) is 15.1. The molecule has 0 saturated carbocycles. The van der Waals surface area contributed by atoms with Gasteiger partial charge in [0.1, 0.15) is 0 Å². The molecule has 3 aliphatic rings. The number of rotatable bonds is 15. The van der Waals surface area contributed by atoms with E-state index in [0.29, 0.717) is 53.8 Å². The molecule has 0 unspecified atom stereocenters. The number of allylic oxidation sites excluding steroid dienone is 10. The predicted octanol–water partition coefficient (Wildman–Crippen LogP) is 5.40. The van der Waals surface area contributed by atoms with Crippen LogP contribution in [0.1, 0.15) is 95.8 Å². The van der Waals surface area contributed by atoms with Gasteiger partial charge < -0.3 is 38.9 Å². The Morgan fingerprint density at radius 2 is 1.44 bits per heavy atom. The molecule has 2 aliphatic carbocycles. The molecule has 1 N–H and O–H groups in total. The number of hydrogen-bond acceptors (Lipinski definition) is 8. The number of fused-ring (bicyclic) bond motifs is 2. The third-order valence-electron chi connectivity index (χ3n) is 10.8. The molecule has 0 radical (unpaired) electrons. The van der Waals surface area contributed by atoms with Gasteiger partial charge in [-0.15, -0.1) is 0 Å². The first-order valence-corrected chi connectivity index (χ1v) is 18.5. The standard InChI is InChI=1S/C43H52ClNO8.Na/c1-42(2)30(28(14-10-15-39(46)47)29-22-34(50-5)35(51-6)23-31(29)42)19-17-26-12-9-13-27(41(26)44)18-20-38-43(3,4)32-24-36(52-7)37(53-8)25-33(32)45(38)21-11-16-40(48)49;/h17-20,22-25H,9-16,21H2,1-8H3,(H,46,47)(H,48,49);/q;+1/p-1/b19-17+,27-18+,38-20-;. The maximum absolute atomic E-state index is 11.4. The largest absolute Gasteiger partial charge is 1.00 e. The number of carbonyl (C=O) groups is 2. The van der Waals surface area contributed by atoms with Crippen molar-refractivity contribution in [1.82, 2.24) is 0 Å². The van der Waals surface area contributed by atoms with Gasteiger partial charge in [0, 0.05) is 52.2 Å². The summed E-state index contributed by atoms with van der Waals surface area (Å²) in [4.78, 5) is 24.9. The molecule has 5 rings (SSSR count). The monoisotopic (exact) mass is 767 g/mol. The maximum atomic E-state index is 11.4. The molecule has 9 nitrogen and oxygen atoms in total. The van der Waals surface area contributed by atoms with Crippen LogP contribution >= 0.6 is 11.6 Å². The Bertz CT molecular complexity index is 1940. The molecule has 0 fully saturated rings. The zero-order chi connectivity index (χ0) is 38.7. The van der Waals surface area contributed by atoms with Gasteiger partial charge in [-0.3, -0.25) is 4.79 Å². The molecule has 0 bridgehead atoms. The minimum atomic E-state index is -1.07. The summed E-state index contributed by atoms with van der Waals surface area (Å²) in [6, 6.07) is 8.00. The summed E-state index contributed by atoms with van der Waals surface area (Å²) in [6.45, 7) is 9.16. The zero-order valence-corrected chi connectivity index (χ0v) is 35.9. The summed E-state index contributed by atoms with van der Waals surface area (Å²) in [5, 5.41) is 21.4. The van der Waals surface area contributed by atoms with E-state index < -0.39 is 17.4 Å². The van der Waals surface area contributed by atoms with Crippen LogP contribution in [0.3, 0.4) is 0 Å². The van der Waals surface area contributed by atoms with Gasteiger partial charge in [0.25, 0.3) is 0 Å². The molecule has 0 atom stereocenters. The van der Waals surface area contributed by atoms with Crippen LogP contribution in [0.2, 0.25) is 0 Å². The summed E-state index contributed by atoms with van der Waals surface area (Å²) >= 11 is 7.21. The van der Waals surface area contributed by atoms with Crippen LogP contribution in [0.4, 0.5) is 5.69 Å². The first kappa shape index (κ1) is 43.1. The van der Waals surface area contributed by atoms with Gasteiger partial charge in [0.05, 0.1) is 28.4 Å². The third-order valence-corrected chi connectivity index (χ3v) is 11.3. The second-order valence-electron chi connectivity index (χ2n) is 14.8. The number of anilines is 1. The molecule has 0 saturated heterocycles. The molecule has 1 aliphatic heterocycles. The van der Waals surface area contributed by atoms with Crippen LogP contribution in [0.5, 0.6) is 23.0 Å². The molecule has 2 aromatic carbocycles. The molecule has 11 heteroatoms. The molecule has 284 valence electrons. The molecule has 1 heterocycles. The smallest absolute Gasteiger partial charge is 0.550 e. The fourth-order valence-corrected chi connectivity index (χ4v) is 8.31. The summed E-state index contributed by atoms with van der Waals surface area (Å²) < 4.78 is 22.6. The fourth-order valence-electron chi connectivity index (χ4n) is 8.00. The van der Waals surface area contributed by atoms with Crippen molar-refractivity contribution in [2.45, 2.75) is 89.9 Å². The first-order chi connectivity index (χ1) is 25.2. The summed E-state index contributed by atoms with van der Waals surface area (Å²) in [6.07, 6.45) is 12.7. The molecule has 54 heavy (non-hydrogen) atoms. The van der Waals surface area contributed by atoms with Crippen LogP contribution in [0, 0.1) is 0 Å². The van der Waals surface area contributed by atoms with Crippen LogP contribution in [0.15, 0.2) is 76.0 Å². The number of benzene rings is 2. The summed E-state index contributed by atoms with van der Waals surface area (Å²) in [5.41, 5.74) is 8.69. The molecular weight excluding hydrogens is 717 g/mol. The number of nitrogens with zero attached hydrogens (tertiary/aromatic N) is 1. The van der Waals surface area contributed by atoms with Crippen molar-refractivity contribution in [2.75, 3.05) is 39.9 Å². The molecule has 0 amide bonds. The van der Waals surface area contributed by atoms with Gasteiger partial charge in [-0.2, -0.15) is 0 Å². The van der Waals surface area contributed by atoms with E-state index in [1.54, 1.807) is 28.4 Å². The van der Waals surface area contributed by atoms with Crippen molar-refractivity contribution < 1.29 is 68.3 Å². The number of methoxy groups -OCH3 is 4. The number of carbonyl (C=O) groups excluding carboxylic acids is 1. The Hall–Kier alpha value is -3.63. The van der Waals surface area contributed by atoms with Gasteiger partial charge in [-0.1, -0.05) is 57.5 Å². The molecule has 0 aromatic heterocycles.